The number of cyclic esters (lactones) is 1. The number of amides is 2. The molecular weight excluding hydrogens is 186 g/mol. The Morgan fingerprint density at radius 2 is 2.36 bits per heavy atom. The molecule has 0 unspecified atom stereocenters. The van der Waals surface area contributed by atoms with Gasteiger partial charge in [0, 0.05) is 0 Å². The van der Waals surface area contributed by atoms with E-state index in [0.717, 1.165) is 4.90 Å². The van der Waals surface area contributed by atoms with Crippen LogP contribution in [-0.2, 0) is 9.53 Å². The van der Waals surface area contributed by atoms with Crippen LogP contribution in [0.4, 0.5) is 4.79 Å². The second-order valence-corrected chi connectivity index (χ2v) is 3.37. The Morgan fingerprint density at radius 3 is 2.79 bits per heavy atom. The predicted molar refractivity (Wildman–Crippen MR) is 48.5 cm³/mol. The summed E-state index contributed by atoms with van der Waals surface area (Å²) in [7, 11) is 0. The molecule has 0 aromatic heterocycles. The number of aliphatic hydroxyl groups excluding tert-OH is 1. The third kappa shape index (κ3) is 2.04. The van der Waals surface area contributed by atoms with E-state index in [2.05, 4.69) is 4.74 Å². The largest absolute Gasteiger partial charge is 0.447 e. The van der Waals surface area contributed by atoms with Crippen molar-refractivity contribution in [3.63, 3.8) is 0 Å². The van der Waals surface area contributed by atoms with Crippen LogP contribution in [0.5, 0.6) is 0 Å². The lowest BCUT2D eigenvalue weighted by Gasteiger charge is -2.20. The number of rotatable bonds is 3. The Balaban J connectivity index is 2.60. The first kappa shape index (κ1) is 11.0. The van der Waals surface area contributed by atoms with Crippen LogP contribution in [0.25, 0.3) is 0 Å². The summed E-state index contributed by atoms with van der Waals surface area (Å²) in [5, 5.41) is 9.44. The Hall–Kier alpha value is -1.10. The number of imide groups is 1. The van der Waals surface area contributed by atoms with E-state index in [-0.39, 0.29) is 12.5 Å². The molecule has 2 atom stereocenters. The van der Waals surface area contributed by atoms with Crippen LogP contribution in [-0.4, -0.2) is 41.3 Å². The molecule has 1 N–H and O–H groups in total. The highest BCUT2D eigenvalue weighted by Crippen LogP contribution is 2.14. The van der Waals surface area contributed by atoms with E-state index in [1.807, 2.05) is 0 Å². The molecule has 1 fully saturated rings. The van der Waals surface area contributed by atoms with Crippen molar-refractivity contribution in [2.45, 2.75) is 26.4 Å². The standard InChI is InChI=1S/C9H15NO4/c1-3-7(11)6(2)8(12)10-4-5-14-9(10)13/h6-7,11H,3-5H2,1-2H3/t6-,7+/m0/s1. The number of hydrogen-bond donors (Lipinski definition) is 1. The molecule has 1 aliphatic heterocycles. The SMILES string of the molecule is CC[C@@H](O)[C@H](C)C(=O)N1CCOC1=O. The first-order chi connectivity index (χ1) is 6.57. The van der Waals surface area contributed by atoms with Crippen molar-refractivity contribution in [1.82, 2.24) is 4.90 Å². The lowest BCUT2D eigenvalue weighted by atomic mass is 10.0. The molecule has 1 saturated heterocycles. The van der Waals surface area contributed by atoms with Gasteiger partial charge >= 0.3 is 6.09 Å². The molecule has 80 valence electrons. The average molecular weight is 201 g/mol. The zero-order chi connectivity index (χ0) is 10.7. The Bertz CT molecular complexity index is 241. The maximum Gasteiger partial charge on any atom is 0.416 e. The van der Waals surface area contributed by atoms with Crippen LogP contribution >= 0.6 is 0 Å². The second-order valence-electron chi connectivity index (χ2n) is 3.37. The van der Waals surface area contributed by atoms with Gasteiger partial charge in [-0.3, -0.25) is 4.79 Å². The maximum atomic E-state index is 11.6. The first-order valence-corrected chi connectivity index (χ1v) is 4.74. The minimum absolute atomic E-state index is 0.250. The zero-order valence-corrected chi connectivity index (χ0v) is 8.40. The highest BCUT2D eigenvalue weighted by atomic mass is 16.6. The monoisotopic (exact) mass is 201 g/mol. The van der Waals surface area contributed by atoms with Crippen LogP contribution < -0.4 is 0 Å². The van der Waals surface area contributed by atoms with E-state index in [1.165, 1.54) is 0 Å². The van der Waals surface area contributed by atoms with Crippen molar-refractivity contribution in [1.29, 1.82) is 0 Å². The molecular formula is C9H15NO4. The molecule has 0 radical (unpaired) electrons. The lowest BCUT2D eigenvalue weighted by molar-refractivity contribution is -0.134. The van der Waals surface area contributed by atoms with Crippen molar-refractivity contribution in [2.24, 2.45) is 5.92 Å². The average Bonchev–Trinajstić information content (AvgIpc) is 2.61. The van der Waals surface area contributed by atoms with Gasteiger partial charge in [-0.25, -0.2) is 9.69 Å². The van der Waals surface area contributed by atoms with Crippen molar-refractivity contribution in [3.8, 4) is 0 Å². The van der Waals surface area contributed by atoms with E-state index in [9.17, 15) is 14.7 Å². The quantitative estimate of drug-likeness (QED) is 0.716. The van der Waals surface area contributed by atoms with Crippen LogP contribution in [0.1, 0.15) is 20.3 Å². The first-order valence-electron chi connectivity index (χ1n) is 4.74. The van der Waals surface area contributed by atoms with Gasteiger partial charge in [-0.1, -0.05) is 13.8 Å². The maximum absolute atomic E-state index is 11.6. The van der Waals surface area contributed by atoms with Crippen LogP contribution in [0, 0.1) is 5.92 Å². The molecule has 0 aliphatic carbocycles. The Labute approximate surface area is 82.6 Å². The molecule has 0 aromatic carbocycles. The lowest BCUT2D eigenvalue weighted by Crippen LogP contribution is -2.40. The summed E-state index contributed by atoms with van der Waals surface area (Å²) < 4.78 is 4.63. The smallest absolute Gasteiger partial charge is 0.416 e. The molecule has 5 heteroatoms. The number of hydrogen-bond acceptors (Lipinski definition) is 4. The predicted octanol–water partition coefficient (Wildman–Crippen LogP) is 0.372. The second kappa shape index (κ2) is 4.41. The number of nitrogens with zero attached hydrogens (tertiary/aromatic N) is 1. The zero-order valence-electron chi connectivity index (χ0n) is 8.40. The van der Waals surface area contributed by atoms with Gasteiger partial charge in [-0.2, -0.15) is 0 Å². The van der Waals surface area contributed by atoms with E-state index in [1.54, 1.807) is 13.8 Å². The van der Waals surface area contributed by atoms with Gasteiger partial charge in [0.05, 0.1) is 18.6 Å². The van der Waals surface area contributed by atoms with E-state index >= 15 is 0 Å². The Kier molecular flexibility index (Phi) is 3.46. The number of carbonyl (C=O) groups excluding carboxylic acids is 2. The summed E-state index contributed by atoms with van der Waals surface area (Å²) in [6, 6.07) is 0. The van der Waals surface area contributed by atoms with Gasteiger partial charge in [0.1, 0.15) is 6.61 Å². The third-order valence-electron chi connectivity index (χ3n) is 2.41. The fraction of sp³-hybridized carbons (Fsp3) is 0.778. The summed E-state index contributed by atoms with van der Waals surface area (Å²) in [6.45, 7) is 3.94. The van der Waals surface area contributed by atoms with E-state index in [0.29, 0.717) is 13.0 Å². The molecule has 0 bridgehead atoms. The van der Waals surface area contributed by atoms with Crippen molar-refractivity contribution >= 4 is 12.0 Å². The summed E-state index contributed by atoms with van der Waals surface area (Å²) in [4.78, 5) is 23.7. The molecule has 1 aliphatic rings. The summed E-state index contributed by atoms with van der Waals surface area (Å²) >= 11 is 0. The van der Waals surface area contributed by atoms with Gasteiger partial charge in [0.25, 0.3) is 0 Å². The van der Waals surface area contributed by atoms with Gasteiger partial charge in [-0.15, -0.1) is 0 Å². The summed E-state index contributed by atoms with van der Waals surface area (Å²) in [5.41, 5.74) is 0. The highest BCUT2D eigenvalue weighted by molar-refractivity contribution is 5.94. The van der Waals surface area contributed by atoms with Gasteiger partial charge < -0.3 is 9.84 Å². The summed E-state index contributed by atoms with van der Waals surface area (Å²) in [6.07, 6.45) is -0.809. The van der Waals surface area contributed by atoms with Gasteiger partial charge in [0.15, 0.2) is 0 Å². The van der Waals surface area contributed by atoms with Gasteiger partial charge in [-0.05, 0) is 6.42 Å². The van der Waals surface area contributed by atoms with Crippen molar-refractivity contribution < 1.29 is 19.4 Å². The highest BCUT2D eigenvalue weighted by Gasteiger charge is 2.33. The van der Waals surface area contributed by atoms with E-state index < -0.39 is 18.1 Å². The Morgan fingerprint density at radius 1 is 1.71 bits per heavy atom. The van der Waals surface area contributed by atoms with Crippen LogP contribution in [0.3, 0.4) is 0 Å². The van der Waals surface area contributed by atoms with Crippen LogP contribution in [0.2, 0.25) is 0 Å². The van der Waals surface area contributed by atoms with Crippen molar-refractivity contribution in [3.05, 3.63) is 0 Å². The molecule has 1 rings (SSSR count). The molecule has 0 saturated carbocycles. The molecule has 2 amide bonds. The fourth-order valence-electron chi connectivity index (χ4n) is 1.36. The van der Waals surface area contributed by atoms with Crippen LogP contribution in [0.15, 0.2) is 0 Å². The normalized spacial score (nSPS) is 20.5. The molecule has 0 aromatic rings. The topological polar surface area (TPSA) is 66.8 Å². The van der Waals surface area contributed by atoms with E-state index in [4.69, 9.17) is 0 Å². The number of ether oxygens (including phenoxy) is 1. The number of aliphatic hydroxyl groups is 1. The number of carbonyl (C=O) groups is 2. The third-order valence-corrected chi connectivity index (χ3v) is 2.41. The fourth-order valence-corrected chi connectivity index (χ4v) is 1.36. The molecule has 1 heterocycles. The minimum Gasteiger partial charge on any atom is -0.447 e. The molecule has 0 spiro atoms. The van der Waals surface area contributed by atoms with Crippen molar-refractivity contribution in [2.75, 3.05) is 13.2 Å². The minimum atomic E-state index is -0.698. The summed E-state index contributed by atoms with van der Waals surface area (Å²) in [5.74, 6) is -0.910. The molecule has 14 heavy (non-hydrogen) atoms. The van der Waals surface area contributed by atoms with Gasteiger partial charge in [0.2, 0.25) is 5.91 Å². The molecule has 5 nitrogen and oxygen atoms in total.